The number of aromatic nitrogens is 1. The summed E-state index contributed by atoms with van der Waals surface area (Å²) in [5.41, 5.74) is 2.23. The molecule has 0 aliphatic carbocycles. The maximum absolute atomic E-state index is 11.5. The van der Waals surface area contributed by atoms with Crippen molar-refractivity contribution in [2.45, 2.75) is 40.2 Å². The summed E-state index contributed by atoms with van der Waals surface area (Å²) in [6, 6.07) is 0. The predicted octanol–water partition coefficient (Wildman–Crippen LogP) is 3.05. The van der Waals surface area contributed by atoms with Crippen LogP contribution in [-0.4, -0.2) is 16.7 Å². The molecule has 1 aromatic rings. The van der Waals surface area contributed by atoms with Gasteiger partial charge in [-0.15, -0.1) is 0 Å². The Bertz CT molecular complexity index is 394. The summed E-state index contributed by atoms with van der Waals surface area (Å²) in [7, 11) is 0. The topological polar surface area (TPSA) is 51.2 Å². The lowest BCUT2D eigenvalue weighted by Gasteiger charge is -2.20. The van der Waals surface area contributed by atoms with Crippen molar-refractivity contribution in [1.82, 2.24) is 4.98 Å². The van der Waals surface area contributed by atoms with E-state index in [9.17, 15) is 4.79 Å². The molecule has 4 heteroatoms. The molecule has 0 fully saturated rings. The molecule has 0 unspecified atom stereocenters. The van der Waals surface area contributed by atoms with Gasteiger partial charge in [0.1, 0.15) is 5.60 Å². The highest BCUT2D eigenvalue weighted by atomic mass is 16.6. The smallest absolute Gasteiger partial charge is 0.412 e. The molecule has 0 bridgehead atoms. The summed E-state index contributed by atoms with van der Waals surface area (Å²) in [6.07, 6.45) is 2.92. The zero-order chi connectivity index (χ0) is 12.3. The summed E-state index contributed by atoms with van der Waals surface area (Å²) in [5.74, 6) is 0. The number of pyridine rings is 1. The zero-order valence-electron chi connectivity index (χ0n) is 10.4. The zero-order valence-corrected chi connectivity index (χ0v) is 10.4. The molecule has 16 heavy (non-hydrogen) atoms. The summed E-state index contributed by atoms with van der Waals surface area (Å²) < 4.78 is 5.16. The highest BCUT2D eigenvalue weighted by Gasteiger charge is 2.16. The number of nitrogens with zero attached hydrogens (tertiary/aromatic N) is 1. The minimum Gasteiger partial charge on any atom is -0.444 e. The number of hydrogen-bond donors (Lipinski definition) is 1. The van der Waals surface area contributed by atoms with Gasteiger partial charge < -0.3 is 4.74 Å². The lowest BCUT2D eigenvalue weighted by Crippen LogP contribution is -2.27. The van der Waals surface area contributed by atoms with Crippen molar-refractivity contribution in [3.8, 4) is 0 Å². The quantitative estimate of drug-likeness (QED) is 0.794. The van der Waals surface area contributed by atoms with Crippen molar-refractivity contribution in [2.24, 2.45) is 0 Å². The molecule has 0 aromatic carbocycles. The van der Waals surface area contributed by atoms with Gasteiger partial charge in [0.2, 0.25) is 0 Å². The fraction of sp³-hybridized carbons (Fsp3) is 0.500. The van der Waals surface area contributed by atoms with Gasteiger partial charge in [-0.2, -0.15) is 0 Å². The van der Waals surface area contributed by atoms with E-state index in [0.29, 0.717) is 5.69 Å². The molecule has 0 saturated carbocycles. The lowest BCUT2D eigenvalue weighted by molar-refractivity contribution is 0.0636. The molecule has 88 valence electrons. The normalized spacial score (nSPS) is 11.1. The van der Waals surface area contributed by atoms with Crippen LogP contribution in [0.25, 0.3) is 0 Å². The van der Waals surface area contributed by atoms with Gasteiger partial charge in [0.25, 0.3) is 0 Å². The Balaban J connectivity index is 2.74. The average Bonchev–Trinajstić information content (AvgIpc) is 2.09. The third kappa shape index (κ3) is 3.53. The second-order valence-electron chi connectivity index (χ2n) is 4.76. The second-order valence-corrected chi connectivity index (χ2v) is 4.76. The monoisotopic (exact) mass is 222 g/mol. The van der Waals surface area contributed by atoms with Gasteiger partial charge in [-0.05, 0) is 45.7 Å². The number of aryl methyl sites for hydroxylation is 1. The van der Waals surface area contributed by atoms with E-state index in [0.717, 1.165) is 11.1 Å². The van der Waals surface area contributed by atoms with E-state index in [2.05, 4.69) is 10.3 Å². The summed E-state index contributed by atoms with van der Waals surface area (Å²) in [6.45, 7) is 9.36. The van der Waals surface area contributed by atoms with E-state index in [-0.39, 0.29) is 0 Å². The van der Waals surface area contributed by atoms with E-state index in [1.54, 1.807) is 12.4 Å². The standard InChI is InChI=1S/C12H18N2O2/c1-8-6-13-7-10(9(8)2)14-11(15)16-12(3,4)5/h6-7H,1-5H3,(H,14,15). The Hall–Kier alpha value is -1.58. The summed E-state index contributed by atoms with van der Waals surface area (Å²) in [5, 5.41) is 2.68. The van der Waals surface area contributed by atoms with E-state index in [1.165, 1.54) is 0 Å². The number of amides is 1. The Morgan fingerprint density at radius 2 is 1.94 bits per heavy atom. The maximum Gasteiger partial charge on any atom is 0.412 e. The van der Waals surface area contributed by atoms with Gasteiger partial charge in [-0.3, -0.25) is 10.3 Å². The summed E-state index contributed by atoms with van der Waals surface area (Å²) >= 11 is 0. The first kappa shape index (κ1) is 12.5. The minimum absolute atomic E-state index is 0.456. The molecule has 0 atom stereocenters. The van der Waals surface area contributed by atoms with Crippen molar-refractivity contribution in [3.05, 3.63) is 23.5 Å². The Morgan fingerprint density at radius 1 is 1.31 bits per heavy atom. The fourth-order valence-corrected chi connectivity index (χ4v) is 1.17. The molecular weight excluding hydrogens is 204 g/mol. The van der Waals surface area contributed by atoms with Gasteiger partial charge >= 0.3 is 6.09 Å². The maximum atomic E-state index is 11.5. The van der Waals surface area contributed by atoms with Crippen LogP contribution >= 0.6 is 0 Å². The van der Waals surface area contributed by atoms with Crippen LogP contribution in [0.5, 0.6) is 0 Å². The van der Waals surface area contributed by atoms with E-state index in [1.807, 2.05) is 34.6 Å². The highest BCUT2D eigenvalue weighted by molar-refractivity contribution is 5.85. The number of nitrogens with one attached hydrogen (secondary N) is 1. The van der Waals surface area contributed by atoms with Gasteiger partial charge in [0, 0.05) is 6.20 Å². The van der Waals surface area contributed by atoms with Crippen LogP contribution in [0, 0.1) is 13.8 Å². The van der Waals surface area contributed by atoms with Crippen LogP contribution in [0.2, 0.25) is 0 Å². The van der Waals surface area contributed by atoms with Crippen LogP contribution in [0.1, 0.15) is 31.9 Å². The van der Waals surface area contributed by atoms with Crippen LogP contribution in [0.15, 0.2) is 12.4 Å². The number of rotatable bonds is 1. The molecule has 1 heterocycles. The molecule has 1 amide bonds. The van der Waals surface area contributed by atoms with Crippen molar-refractivity contribution in [2.75, 3.05) is 5.32 Å². The van der Waals surface area contributed by atoms with Crippen molar-refractivity contribution in [3.63, 3.8) is 0 Å². The number of anilines is 1. The number of carbonyl (C=O) groups excluding carboxylic acids is 1. The van der Waals surface area contributed by atoms with E-state index >= 15 is 0 Å². The van der Waals surface area contributed by atoms with E-state index < -0.39 is 11.7 Å². The summed E-state index contributed by atoms with van der Waals surface area (Å²) in [4.78, 5) is 15.6. The predicted molar refractivity (Wildman–Crippen MR) is 63.6 cm³/mol. The Labute approximate surface area is 96.0 Å². The molecule has 1 rings (SSSR count). The third-order valence-electron chi connectivity index (χ3n) is 2.10. The molecule has 4 nitrogen and oxygen atoms in total. The molecule has 0 radical (unpaired) electrons. The van der Waals surface area contributed by atoms with Crippen LogP contribution in [-0.2, 0) is 4.74 Å². The molecule has 0 saturated heterocycles. The number of hydrogen-bond acceptors (Lipinski definition) is 3. The van der Waals surface area contributed by atoms with Gasteiger partial charge in [0.15, 0.2) is 0 Å². The molecule has 1 aromatic heterocycles. The van der Waals surface area contributed by atoms with Crippen LogP contribution in [0.3, 0.4) is 0 Å². The average molecular weight is 222 g/mol. The SMILES string of the molecule is Cc1cncc(NC(=O)OC(C)(C)C)c1C. The molecule has 1 N–H and O–H groups in total. The Kier molecular flexibility index (Phi) is 3.52. The van der Waals surface area contributed by atoms with Crippen molar-refractivity contribution < 1.29 is 9.53 Å². The van der Waals surface area contributed by atoms with Gasteiger partial charge in [0.05, 0.1) is 11.9 Å². The molecule has 0 aliphatic rings. The van der Waals surface area contributed by atoms with E-state index in [4.69, 9.17) is 4.74 Å². The minimum atomic E-state index is -0.491. The van der Waals surface area contributed by atoms with Crippen molar-refractivity contribution in [1.29, 1.82) is 0 Å². The first-order chi connectivity index (χ1) is 7.29. The van der Waals surface area contributed by atoms with Gasteiger partial charge in [-0.1, -0.05) is 0 Å². The first-order valence-electron chi connectivity index (χ1n) is 5.21. The molecule has 0 spiro atoms. The first-order valence-corrected chi connectivity index (χ1v) is 5.21. The van der Waals surface area contributed by atoms with Crippen LogP contribution in [0.4, 0.5) is 10.5 Å². The van der Waals surface area contributed by atoms with Gasteiger partial charge in [-0.25, -0.2) is 4.79 Å². The molecular formula is C12H18N2O2. The highest BCUT2D eigenvalue weighted by Crippen LogP contribution is 2.17. The fourth-order valence-electron chi connectivity index (χ4n) is 1.17. The largest absolute Gasteiger partial charge is 0.444 e. The van der Waals surface area contributed by atoms with Crippen molar-refractivity contribution >= 4 is 11.8 Å². The third-order valence-corrected chi connectivity index (χ3v) is 2.10. The Morgan fingerprint density at radius 3 is 2.50 bits per heavy atom. The number of ether oxygens (including phenoxy) is 1. The lowest BCUT2D eigenvalue weighted by atomic mass is 10.1. The molecule has 0 aliphatic heterocycles. The van der Waals surface area contributed by atoms with Crippen LogP contribution < -0.4 is 5.32 Å². The number of carbonyl (C=O) groups is 1. The second kappa shape index (κ2) is 4.51.